The molecule has 9 nitrogen and oxygen atoms in total. The van der Waals surface area contributed by atoms with E-state index in [1.807, 2.05) is 0 Å². The molecule has 84 valence electrons. The summed E-state index contributed by atoms with van der Waals surface area (Å²) in [5, 5.41) is 0. The van der Waals surface area contributed by atoms with E-state index in [4.69, 9.17) is 42.2 Å². The van der Waals surface area contributed by atoms with Gasteiger partial charge < -0.3 is 42.2 Å². The molecule has 16 heavy (non-hydrogen) atoms. The quantitative estimate of drug-likeness (QED) is 0.391. The van der Waals surface area contributed by atoms with E-state index in [2.05, 4.69) is 0 Å². The van der Waals surface area contributed by atoms with Crippen LogP contribution in [0.5, 0.6) is 0 Å². The molecule has 0 saturated heterocycles. The Morgan fingerprint density at radius 2 is 0.500 bits per heavy atom. The van der Waals surface area contributed by atoms with Gasteiger partial charge in [0.05, 0.1) is 16.8 Å². The maximum atomic E-state index is 8.52. The molecule has 0 saturated carbocycles. The van der Waals surface area contributed by atoms with Crippen LogP contribution in [0.15, 0.2) is 0 Å². The molecule has 0 aliphatic heterocycles. The summed E-state index contributed by atoms with van der Waals surface area (Å²) in [6.45, 7) is 0. The Morgan fingerprint density at radius 1 is 0.500 bits per heavy atom. The molecule has 0 heterocycles. The third-order valence-electron chi connectivity index (χ3n) is 0. The molecule has 0 aromatic heterocycles. The maximum Gasteiger partial charge on any atom is 3.00 e. The van der Waals surface area contributed by atoms with E-state index < -0.39 is 27.5 Å². The summed E-state index contributed by atoms with van der Waals surface area (Å²) in [6.07, 6.45) is 0. The molecule has 0 fully saturated rings. The summed E-state index contributed by atoms with van der Waals surface area (Å²) in [5.41, 5.74) is 0. The molecular weight excluding hydrogens is 304 g/mol. The van der Waals surface area contributed by atoms with Gasteiger partial charge in [0, 0.05) is 27.5 Å². The largest absolute Gasteiger partial charge is 3.00 e. The van der Waals surface area contributed by atoms with Gasteiger partial charge in [-0.25, -0.2) is 0 Å². The van der Waals surface area contributed by atoms with E-state index in [1.165, 1.54) is 0 Å². The van der Waals surface area contributed by atoms with E-state index in [1.54, 1.807) is 0 Å². The van der Waals surface area contributed by atoms with Crippen LogP contribution in [0.2, 0.25) is 0 Å². The zero-order valence-electron chi connectivity index (χ0n) is 6.33. The summed E-state index contributed by atoms with van der Waals surface area (Å²) < 4.78 is 25.6. The van der Waals surface area contributed by atoms with Crippen molar-refractivity contribution < 1.29 is 42.2 Å². The van der Waals surface area contributed by atoms with Crippen molar-refractivity contribution in [2.45, 2.75) is 0 Å². The maximum absolute atomic E-state index is 8.52. The fourth-order valence-electron chi connectivity index (χ4n) is 0. The van der Waals surface area contributed by atoms with Crippen LogP contribution in [0.3, 0.4) is 0 Å². The minimum Gasteiger partial charge on any atom is -0.672 e. The second kappa shape index (κ2) is 36.3. The summed E-state index contributed by atoms with van der Waals surface area (Å²) in [7, 11) is -10.9. The molecule has 0 bridgehead atoms. The van der Waals surface area contributed by atoms with Crippen LogP contribution in [0.25, 0.3) is 0 Å². The fraction of sp³-hybridized carbons (Fsp3) is 0. The molecular formula is H6Al2B2O9Si3. The van der Waals surface area contributed by atoms with Crippen molar-refractivity contribution in [2.75, 3.05) is 0 Å². The normalized spacial score (nSPS) is 4.50. The predicted molar refractivity (Wildman–Crippen MR) is 50.7 cm³/mol. The Balaban J connectivity index is -0.0000000135. The van der Waals surface area contributed by atoms with Gasteiger partial charge in [0.1, 0.15) is 0 Å². The monoisotopic (exact) mass is 310 g/mol. The van der Waals surface area contributed by atoms with Gasteiger partial charge in [-0.2, -0.15) is 0 Å². The molecule has 0 aliphatic carbocycles. The van der Waals surface area contributed by atoms with Crippen LogP contribution in [-0.2, 0) is 13.4 Å². The zero-order chi connectivity index (χ0) is 10.7. The molecule has 0 unspecified atom stereocenters. The molecule has 0 aliphatic rings. The third kappa shape index (κ3) is 1160000. The van der Waals surface area contributed by atoms with Gasteiger partial charge in [-0.1, -0.05) is 0 Å². The Bertz CT molecular complexity index is 124. The first kappa shape index (κ1) is 44.4. The smallest absolute Gasteiger partial charge is 0.672 e. The van der Waals surface area contributed by atoms with Gasteiger partial charge in [0.2, 0.25) is 0 Å². The van der Waals surface area contributed by atoms with E-state index in [-0.39, 0.29) is 51.5 Å². The van der Waals surface area contributed by atoms with Crippen molar-refractivity contribution in [2.24, 2.45) is 0 Å². The second-order valence-electron chi connectivity index (χ2n) is 0.750. The van der Waals surface area contributed by atoms with Gasteiger partial charge in [-0.15, -0.1) is 0 Å². The SMILES string of the molecule is B.B.O=[Si]([O-])[O-].O=[Si]([O-])[O-].O=[Si]([O-])[O-].[Al+3].[Al+3]. The van der Waals surface area contributed by atoms with E-state index >= 15 is 0 Å². The Hall–Kier alpha value is 0.0455. The average Bonchev–Trinajstić information content (AvgIpc) is 1.54. The average molecular weight is 310 g/mol. The molecule has 0 spiro atoms. The summed E-state index contributed by atoms with van der Waals surface area (Å²) in [4.78, 5) is 51.1. The number of rotatable bonds is 0. The van der Waals surface area contributed by atoms with Crippen LogP contribution < -0.4 is 28.8 Å². The van der Waals surface area contributed by atoms with Crippen LogP contribution in [-0.4, -0.2) is 79.1 Å². The Morgan fingerprint density at radius 3 is 0.500 bits per heavy atom. The third-order valence-corrected chi connectivity index (χ3v) is 0. The van der Waals surface area contributed by atoms with Crippen molar-refractivity contribution in [3.63, 3.8) is 0 Å². The van der Waals surface area contributed by atoms with Crippen molar-refractivity contribution >= 4 is 79.1 Å². The standard InChI is InChI=1S/2Al.2BH3.3O3Si/c;;;;3*1-4(2)3/h;;2*1H3;;;/q2*+3;;;3*-2. The van der Waals surface area contributed by atoms with Crippen LogP contribution in [0.1, 0.15) is 0 Å². The Kier molecular flexibility index (Phi) is 101. The van der Waals surface area contributed by atoms with E-state index in [0.717, 1.165) is 0 Å². The topological polar surface area (TPSA) is 190 Å². The minimum atomic E-state index is -3.63. The van der Waals surface area contributed by atoms with Crippen molar-refractivity contribution in [3.8, 4) is 0 Å². The first-order chi connectivity index (χ1) is 5.20. The molecule has 0 rings (SSSR count). The van der Waals surface area contributed by atoms with Gasteiger partial charge in [0.25, 0.3) is 0 Å². The minimum absolute atomic E-state index is 0. The summed E-state index contributed by atoms with van der Waals surface area (Å²) >= 11 is 0. The van der Waals surface area contributed by atoms with Crippen molar-refractivity contribution in [1.82, 2.24) is 0 Å². The number of hydrogen-bond acceptors (Lipinski definition) is 9. The Labute approximate surface area is 121 Å². The number of hydrogen-bond donors (Lipinski definition) is 0. The first-order valence-electron chi connectivity index (χ1n) is 1.84. The molecule has 0 aromatic rings. The predicted octanol–water partition coefficient (Wildman–Crippen LogP) is -11.8. The van der Waals surface area contributed by atoms with E-state index in [0.29, 0.717) is 0 Å². The van der Waals surface area contributed by atoms with Gasteiger partial charge in [0.15, 0.2) is 0 Å². The fourth-order valence-corrected chi connectivity index (χ4v) is 0. The summed E-state index contributed by atoms with van der Waals surface area (Å²) in [5.74, 6) is 0. The van der Waals surface area contributed by atoms with Crippen LogP contribution in [0.4, 0.5) is 0 Å². The first-order valence-corrected chi connectivity index (χ1v) is 5.51. The van der Waals surface area contributed by atoms with Gasteiger partial charge >= 0.3 is 34.7 Å². The second-order valence-corrected chi connectivity index (χ2v) is 2.25. The molecule has 0 atom stereocenters. The molecule has 16 heteroatoms. The van der Waals surface area contributed by atoms with Crippen molar-refractivity contribution in [1.29, 1.82) is 0 Å². The molecule has 0 aromatic carbocycles. The molecule has 0 N–H and O–H groups in total. The van der Waals surface area contributed by atoms with Gasteiger partial charge in [-0.05, 0) is 0 Å². The molecule has 0 radical (unpaired) electrons. The van der Waals surface area contributed by atoms with Crippen LogP contribution in [0, 0.1) is 0 Å². The van der Waals surface area contributed by atoms with Gasteiger partial charge in [-0.3, -0.25) is 0 Å². The zero-order valence-corrected chi connectivity index (χ0v) is 11.6. The summed E-state index contributed by atoms with van der Waals surface area (Å²) in [6, 6.07) is 0. The van der Waals surface area contributed by atoms with Crippen LogP contribution >= 0.6 is 0 Å². The molecule has 0 amide bonds. The van der Waals surface area contributed by atoms with Crippen molar-refractivity contribution in [3.05, 3.63) is 0 Å². The van der Waals surface area contributed by atoms with E-state index in [9.17, 15) is 0 Å².